The van der Waals surface area contributed by atoms with Gasteiger partial charge in [0.1, 0.15) is 0 Å². The van der Waals surface area contributed by atoms with E-state index in [2.05, 4.69) is 21.2 Å². The molecule has 0 fully saturated rings. The standard InChI is InChI=1S/C13H19BrN2O3/c1-4-15-7-9(2)8-19-13-10(3)5-11(14)6-12(13)16(17)18/h5-6,9,15H,4,7-8H2,1-3H3. The Kier molecular flexibility index (Phi) is 6.24. The molecule has 1 unspecified atom stereocenters. The highest BCUT2D eigenvalue weighted by Crippen LogP contribution is 2.34. The molecule has 0 saturated heterocycles. The highest BCUT2D eigenvalue weighted by Gasteiger charge is 2.19. The van der Waals surface area contributed by atoms with Crippen molar-refractivity contribution in [3.05, 3.63) is 32.3 Å². The van der Waals surface area contributed by atoms with Crippen LogP contribution in [0.2, 0.25) is 0 Å². The molecule has 0 aliphatic heterocycles. The first-order valence-corrected chi connectivity index (χ1v) is 7.03. The van der Waals surface area contributed by atoms with Gasteiger partial charge >= 0.3 is 5.69 Å². The first kappa shape index (κ1) is 15.9. The lowest BCUT2D eigenvalue weighted by Gasteiger charge is -2.15. The van der Waals surface area contributed by atoms with Gasteiger partial charge in [0.05, 0.1) is 11.5 Å². The zero-order valence-corrected chi connectivity index (χ0v) is 13.0. The molecular formula is C13H19BrN2O3. The zero-order chi connectivity index (χ0) is 14.4. The monoisotopic (exact) mass is 330 g/mol. The van der Waals surface area contributed by atoms with Crippen LogP contribution in [0.25, 0.3) is 0 Å². The molecular weight excluding hydrogens is 312 g/mol. The Morgan fingerprint density at radius 3 is 2.79 bits per heavy atom. The summed E-state index contributed by atoms with van der Waals surface area (Å²) in [6, 6.07) is 3.29. The van der Waals surface area contributed by atoms with E-state index < -0.39 is 4.92 Å². The first-order chi connectivity index (χ1) is 8.95. The number of rotatable bonds is 7. The molecule has 6 heteroatoms. The molecule has 1 N–H and O–H groups in total. The van der Waals surface area contributed by atoms with Gasteiger partial charge in [-0.1, -0.05) is 29.8 Å². The molecule has 1 aromatic carbocycles. The smallest absolute Gasteiger partial charge is 0.312 e. The number of nitro benzene ring substituents is 1. The second kappa shape index (κ2) is 7.45. The quantitative estimate of drug-likeness (QED) is 0.615. The number of nitrogens with zero attached hydrogens (tertiary/aromatic N) is 1. The average molecular weight is 331 g/mol. The molecule has 0 heterocycles. The molecule has 0 aromatic heterocycles. The Labute approximate surface area is 121 Å². The summed E-state index contributed by atoms with van der Waals surface area (Å²) in [5, 5.41) is 14.3. The number of nitro groups is 1. The first-order valence-electron chi connectivity index (χ1n) is 6.23. The third-order valence-corrected chi connectivity index (χ3v) is 3.13. The van der Waals surface area contributed by atoms with Gasteiger partial charge in [-0.2, -0.15) is 0 Å². The van der Waals surface area contributed by atoms with Gasteiger partial charge in [0.2, 0.25) is 0 Å². The van der Waals surface area contributed by atoms with Crippen LogP contribution in [0.3, 0.4) is 0 Å². The second-order valence-electron chi connectivity index (χ2n) is 4.55. The predicted octanol–water partition coefficient (Wildman–Crippen LogP) is 3.29. The highest BCUT2D eigenvalue weighted by atomic mass is 79.9. The van der Waals surface area contributed by atoms with Crippen molar-refractivity contribution in [2.75, 3.05) is 19.7 Å². The third kappa shape index (κ3) is 4.80. The van der Waals surface area contributed by atoms with E-state index in [1.165, 1.54) is 6.07 Å². The number of halogens is 1. The Morgan fingerprint density at radius 1 is 1.53 bits per heavy atom. The van der Waals surface area contributed by atoms with Crippen LogP contribution in [0, 0.1) is 23.0 Å². The average Bonchev–Trinajstić information content (AvgIpc) is 2.34. The van der Waals surface area contributed by atoms with Crippen molar-refractivity contribution in [2.24, 2.45) is 5.92 Å². The van der Waals surface area contributed by atoms with Crippen LogP contribution < -0.4 is 10.1 Å². The molecule has 0 amide bonds. The summed E-state index contributed by atoms with van der Waals surface area (Å²) in [5.74, 6) is 0.652. The summed E-state index contributed by atoms with van der Waals surface area (Å²) in [6.45, 7) is 8.08. The Balaban J connectivity index is 2.80. The van der Waals surface area contributed by atoms with Crippen LogP contribution in [0.5, 0.6) is 5.75 Å². The Hall–Kier alpha value is -1.14. The van der Waals surface area contributed by atoms with E-state index in [0.29, 0.717) is 22.7 Å². The van der Waals surface area contributed by atoms with Crippen LogP contribution in [0.4, 0.5) is 5.69 Å². The number of hydrogen-bond donors (Lipinski definition) is 1. The van der Waals surface area contributed by atoms with Gasteiger partial charge in [-0.15, -0.1) is 0 Å². The van der Waals surface area contributed by atoms with Crippen LogP contribution in [0.1, 0.15) is 19.4 Å². The number of nitrogens with one attached hydrogen (secondary N) is 1. The Morgan fingerprint density at radius 2 is 2.21 bits per heavy atom. The minimum absolute atomic E-state index is 0.00234. The van der Waals surface area contributed by atoms with Gasteiger partial charge in [-0.25, -0.2) is 0 Å². The van der Waals surface area contributed by atoms with Crippen molar-refractivity contribution in [1.82, 2.24) is 5.32 Å². The molecule has 0 saturated carbocycles. The van der Waals surface area contributed by atoms with E-state index >= 15 is 0 Å². The van der Waals surface area contributed by atoms with Gasteiger partial charge in [0.25, 0.3) is 0 Å². The summed E-state index contributed by atoms with van der Waals surface area (Å²) in [7, 11) is 0. The third-order valence-electron chi connectivity index (χ3n) is 2.67. The fraction of sp³-hybridized carbons (Fsp3) is 0.538. The van der Waals surface area contributed by atoms with Crippen molar-refractivity contribution >= 4 is 21.6 Å². The van der Waals surface area contributed by atoms with Crippen molar-refractivity contribution in [3.8, 4) is 5.75 Å². The fourth-order valence-corrected chi connectivity index (χ4v) is 2.27. The van der Waals surface area contributed by atoms with Crippen molar-refractivity contribution < 1.29 is 9.66 Å². The normalized spacial score (nSPS) is 12.2. The summed E-state index contributed by atoms with van der Waals surface area (Å²) < 4.78 is 6.33. The molecule has 0 aliphatic rings. The highest BCUT2D eigenvalue weighted by molar-refractivity contribution is 9.10. The van der Waals surface area contributed by atoms with E-state index in [4.69, 9.17) is 4.74 Å². The molecule has 1 atom stereocenters. The maximum absolute atomic E-state index is 11.0. The van der Waals surface area contributed by atoms with Crippen LogP contribution >= 0.6 is 15.9 Å². The molecule has 0 radical (unpaired) electrons. The topological polar surface area (TPSA) is 64.4 Å². The summed E-state index contributed by atoms with van der Waals surface area (Å²) in [6.07, 6.45) is 0. The minimum atomic E-state index is -0.415. The van der Waals surface area contributed by atoms with Crippen LogP contribution in [0.15, 0.2) is 16.6 Å². The van der Waals surface area contributed by atoms with Crippen LogP contribution in [-0.4, -0.2) is 24.6 Å². The predicted molar refractivity (Wildman–Crippen MR) is 78.7 cm³/mol. The van der Waals surface area contributed by atoms with Gasteiger partial charge in [-0.3, -0.25) is 10.1 Å². The molecule has 19 heavy (non-hydrogen) atoms. The fourth-order valence-electron chi connectivity index (χ4n) is 1.71. The maximum atomic E-state index is 11.0. The van der Waals surface area contributed by atoms with E-state index in [0.717, 1.165) is 18.7 Å². The molecule has 1 aromatic rings. The van der Waals surface area contributed by atoms with Crippen LogP contribution in [-0.2, 0) is 0 Å². The van der Waals surface area contributed by atoms with E-state index in [1.807, 2.05) is 26.8 Å². The number of ether oxygens (including phenoxy) is 1. The maximum Gasteiger partial charge on any atom is 0.312 e. The van der Waals surface area contributed by atoms with E-state index in [1.54, 1.807) is 0 Å². The zero-order valence-electron chi connectivity index (χ0n) is 11.4. The second-order valence-corrected chi connectivity index (χ2v) is 5.47. The number of benzene rings is 1. The molecule has 106 valence electrons. The molecule has 0 spiro atoms. The summed E-state index contributed by atoms with van der Waals surface area (Å²) in [5.41, 5.74) is 0.763. The Bertz CT molecular complexity index is 452. The SMILES string of the molecule is CCNCC(C)COc1c(C)cc(Br)cc1[N+](=O)[O-]. The number of hydrogen-bond acceptors (Lipinski definition) is 4. The van der Waals surface area contributed by atoms with Crippen molar-refractivity contribution in [3.63, 3.8) is 0 Å². The van der Waals surface area contributed by atoms with Gasteiger partial charge in [-0.05, 0) is 25.1 Å². The van der Waals surface area contributed by atoms with E-state index in [9.17, 15) is 10.1 Å². The van der Waals surface area contributed by atoms with Gasteiger partial charge in [0, 0.05) is 23.0 Å². The van der Waals surface area contributed by atoms with Crippen molar-refractivity contribution in [2.45, 2.75) is 20.8 Å². The lowest BCUT2D eigenvalue weighted by Crippen LogP contribution is -2.25. The van der Waals surface area contributed by atoms with Crippen molar-refractivity contribution in [1.29, 1.82) is 0 Å². The molecule has 0 bridgehead atoms. The lowest BCUT2D eigenvalue weighted by molar-refractivity contribution is -0.386. The lowest BCUT2D eigenvalue weighted by atomic mass is 10.1. The van der Waals surface area contributed by atoms with Gasteiger partial charge in [0.15, 0.2) is 5.75 Å². The van der Waals surface area contributed by atoms with E-state index in [-0.39, 0.29) is 5.69 Å². The number of aryl methyl sites for hydroxylation is 1. The molecule has 1 rings (SSSR count). The van der Waals surface area contributed by atoms with Gasteiger partial charge < -0.3 is 10.1 Å². The summed E-state index contributed by atoms with van der Waals surface area (Å²) >= 11 is 3.26. The largest absolute Gasteiger partial charge is 0.486 e. The minimum Gasteiger partial charge on any atom is -0.486 e. The molecule has 0 aliphatic carbocycles. The summed E-state index contributed by atoms with van der Waals surface area (Å²) in [4.78, 5) is 10.6. The molecule has 5 nitrogen and oxygen atoms in total.